The number of nitrogens with zero attached hydrogens (tertiary/aromatic N) is 10. The van der Waals surface area contributed by atoms with E-state index in [2.05, 4.69) is 34.9 Å². The van der Waals surface area contributed by atoms with E-state index in [0.717, 1.165) is 0 Å². The van der Waals surface area contributed by atoms with Crippen LogP contribution in [0.4, 0.5) is 11.6 Å². The van der Waals surface area contributed by atoms with Crippen LogP contribution in [0.15, 0.2) is 44.0 Å². The quantitative estimate of drug-likeness (QED) is 0.0739. The average molecular weight is 759 g/mol. The molecule has 5 aromatic heterocycles. The van der Waals surface area contributed by atoms with E-state index < -0.39 is 75.7 Å². The van der Waals surface area contributed by atoms with Gasteiger partial charge in [-0.15, -0.1) is 0 Å². The number of fused-ring (bicyclic) bond motifs is 2. The predicted octanol–water partition coefficient (Wildman–Crippen LogP) is -1.70. The molecule has 0 spiro atoms. The zero-order valence-electron chi connectivity index (χ0n) is 24.7. The maximum absolute atomic E-state index is 11.4. The number of aliphatic hydroxyl groups is 3. The Labute approximate surface area is 284 Å². The van der Waals surface area contributed by atoms with E-state index in [9.17, 15) is 25.1 Å². The monoisotopic (exact) mass is 758 g/mol. The minimum atomic E-state index is -4.27. The van der Waals surface area contributed by atoms with E-state index in [1.165, 1.54) is 57.5 Å². The molecule has 2 unspecified atom stereocenters. The summed E-state index contributed by atoms with van der Waals surface area (Å²) in [5, 5.41) is 32.9. The molecule has 0 amide bonds. The minimum absolute atomic E-state index is 0.0757. The summed E-state index contributed by atoms with van der Waals surface area (Å²) in [6.45, 7) is -8.83. The van der Waals surface area contributed by atoms with Crippen molar-refractivity contribution in [3.05, 3.63) is 44.0 Å². The highest BCUT2D eigenvalue weighted by atomic mass is 32.5. The van der Waals surface area contributed by atoms with Crippen molar-refractivity contribution in [1.29, 1.82) is 0 Å². The summed E-state index contributed by atoms with van der Waals surface area (Å²) in [5.41, 5.74) is 12.8. The second-order valence-corrected chi connectivity index (χ2v) is 16.7. The summed E-state index contributed by atoms with van der Waals surface area (Å²) < 4.78 is 32.9. The SMILES string of the molecule is Nc1ncnc2c1ncn2[C@@H]1O[C@H](COP(O)(=S)O[C@@H]2[C@H](O)[C@@H](COP(O)(=S)n3ccnc3)O[C@H]2n2cnc3c(N)ncnc32)[C@@H](O)[C@H]1O. The lowest BCUT2D eigenvalue weighted by Gasteiger charge is -2.27. The molecule has 0 saturated carbocycles. The van der Waals surface area contributed by atoms with E-state index in [-0.39, 0.29) is 34.0 Å². The van der Waals surface area contributed by atoms with Crippen molar-refractivity contribution < 1.29 is 48.2 Å². The third-order valence-electron chi connectivity index (χ3n) is 7.82. The molecule has 9 N–H and O–H groups in total. The van der Waals surface area contributed by atoms with Crippen LogP contribution in [0.25, 0.3) is 22.3 Å². The highest BCUT2D eigenvalue weighted by molar-refractivity contribution is 8.08. The zero-order chi connectivity index (χ0) is 34.7. The molecule has 262 valence electrons. The molecular weight excluding hydrogens is 730 g/mol. The molecule has 0 aliphatic carbocycles. The third kappa shape index (κ3) is 6.45. The van der Waals surface area contributed by atoms with Crippen molar-refractivity contribution in [2.75, 3.05) is 24.7 Å². The van der Waals surface area contributed by atoms with E-state index in [0.29, 0.717) is 0 Å². The second-order valence-electron chi connectivity index (χ2n) is 10.8. The molecule has 22 nitrogen and oxygen atoms in total. The van der Waals surface area contributed by atoms with E-state index in [4.69, 9.17) is 58.1 Å². The Bertz CT molecular complexity index is 2070. The van der Waals surface area contributed by atoms with Crippen LogP contribution in [-0.2, 0) is 46.7 Å². The van der Waals surface area contributed by atoms with Crippen molar-refractivity contribution in [1.82, 2.24) is 48.4 Å². The van der Waals surface area contributed by atoms with Crippen LogP contribution in [0.5, 0.6) is 0 Å². The first-order chi connectivity index (χ1) is 23.3. The van der Waals surface area contributed by atoms with Crippen LogP contribution in [0.1, 0.15) is 12.5 Å². The number of anilines is 2. The maximum Gasteiger partial charge on any atom is 0.325 e. The highest BCUT2D eigenvalue weighted by Gasteiger charge is 2.50. The minimum Gasteiger partial charge on any atom is -0.387 e. The molecule has 0 bridgehead atoms. The first-order valence-corrected chi connectivity index (χ1v) is 19.4. The van der Waals surface area contributed by atoms with Crippen LogP contribution in [0.3, 0.4) is 0 Å². The molecule has 0 aromatic carbocycles. The summed E-state index contributed by atoms with van der Waals surface area (Å²) in [6, 6.07) is 0. The molecule has 7 rings (SSSR count). The molecule has 10 atom stereocenters. The summed E-state index contributed by atoms with van der Waals surface area (Å²) >= 11 is 10.5. The number of aliphatic hydroxyl groups excluding tert-OH is 3. The Hall–Kier alpha value is -3.19. The van der Waals surface area contributed by atoms with Crippen LogP contribution in [0.2, 0.25) is 0 Å². The second kappa shape index (κ2) is 13.2. The lowest BCUT2D eigenvalue weighted by atomic mass is 10.1. The maximum atomic E-state index is 11.4. The Morgan fingerprint density at radius 3 is 1.94 bits per heavy atom. The molecule has 2 fully saturated rings. The molecular formula is C23H28N12O10P2S2. The lowest BCUT2D eigenvalue weighted by molar-refractivity contribution is -0.0562. The Kier molecular flexibility index (Phi) is 9.21. The lowest BCUT2D eigenvalue weighted by Crippen LogP contribution is -2.36. The van der Waals surface area contributed by atoms with Crippen LogP contribution in [-0.4, -0.2) is 123 Å². The fraction of sp³-hybridized carbons (Fsp3) is 0.435. The van der Waals surface area contributed by atoms with Crippen molar-refractivity contribution in [2.24, 2.45) is 0 Å². The van der Waals surface area contributed by atoms with Crippen LogP contribution >= 0.6 is 13.4 Å². The number of aromatic nitrogens is 10. The molecule has 2 saturated heterocycles. The van der Waals surface area contributed by atoms with E-state index >= 15 is 0 Å². The largest absolute Gasteiger partial charge is 0.387 e. The number of hydrogen-bond donors (Lipinski definition) is 7. The van der Waals surface area contributed by atoms with Gasteiger partial charge < -0.3 is 55.1 Å². The predicted molar refractivity (Wildman–Crippen MR) is 173 cm³/mol. The summed E-state index contributed by atoms with van der Waals surface area (Å²) in [5.74, 6) is 0.186. The third-order valence-corrected chi connectivity index (χ3v) is 11.6. The summed E-state index contributed by atoms with van der Waals surface area (Å²) in [6.07, 6.45) is -1.54. The van der Waals surface area contributed by atoms with Gasteiger partial charge in [0, 0.05) is 12.4 Å². The topological polar surface area (TPSA) is 304 Å². The molecule has 2 aliphatic heterocycles. The Morgan fingerprint density at radius 1 is 0.755 bits per heavy atom. The van der Waals surface area contributed by atoms with E-state index in [1.807, 2.05) is 0 Å². The number of imidazole rings is 3. The van der Waals surface area contributed by atoms with Gasteiger partial charge in [0.2, 0.25) is 0 Å². The van der Waals surface area contributed by atoms with Gasteiger partial charge in [0.15, 0.2) is 35.4 Å². The van der Waals surface area contributed by atoms with Gasteiger partial charge in [-0.05, 0) is 23.6 Å². The summed E-state index contributed by atoms with van der Waals surface area (Å²) in [4.78, 5) is 50.2. The molecule has 5 aromatic rings. The molecule has 7 heterocycles. The van der Waals surface area contributed by atoms with Gasteiger partial charge in [-0.2, -0.15) is 0 Å². The fourth-order valence-corrected chi connectivity index (χ4v) is 8.17. The Morgan fingerprint density at radius 2 is 1.33 bits per heavy atom. The van der Waals surface area contributed by atoms with Gasteiger partial charge in [0.25, 0.3) is 6.64 Å². The number of ether oxygens (including phenoxy) is 2. The molecule has 49 heavy (non-hydrogen) atoms. The molecule has 26 heteroatoms. The first-order valence-electron chi connectivity index (χ1n) is 14.2. The van der Waals surface area contributed by atoms with Crippen molar-refractivity contribution >= 4 is 70.9 Å². The number of nitrogen functional groups attached to an aromatic ring is 2. The van der Waals surface area contributed by atoms with Gasteiger partial charge in [0.05, 0.1) is 25.9 Å². The molecule has 0 radical (unpaired) electrons. The first kappa shape index (κ1) is 34.3. The van der Waals surface area contributed by atoms with Crippen molar-refractivity contribution in [3.63, 3.8) is 0 Å². The smallest absolute Gasteiger partial charge is 0.325 e. The number of nitrogens with two attached hydrogens (primary N) is 2. The number of rotatable bonds is 11. The Balaban J connectivity index is 1.08. The average Bonchev–Trinajstić information content (AvgIpc) is 3.90. The van der Waals surface area contributed by atoms with Crippen molar-refractivity contribution in [2.45, 2.75) is 49.1 Å². The van der Waals surface area contributed by atoms with Gasteiger partial charge in [-0.1, -0.05) is 0 Å². The van der Waals surface area contributed by atoms with Gasteiger partial charge in [-0.25, -0.2) is 34.9 Å². The van der Waals surface area contributed by atoms with Crippen molar-refractivity contribution in [3.8, 4) is 0 Å². The zero-order valence-corrected chi connectivity index (χ0v) is 28.1. The number of hydrogen-bond acceptors (Lipinski definition) is 19. The van der Waals surface area contributed by atoms with Gasteiger partial charge >= 0.3 is 6.72 Å². The van der Waals surface area contributed by atoms with Gasteiger partial charge in [-0.3, -0.25) is 18.0 Å². The normalized spacial score (nSPS) is 29.8. The van der Waals surface area contributed by atoms with E-state index in [1.54, 1.807) is 0 Å². The van der Waals surface area contributed by atoms with Crippen LogP contribution < -0.4 is 11.5 Å². The fourth-order valence-electron chi connectivity index (χ4n) is 5.39. The van der Waals surface area contributed by atoms with Crippen LogP contribution in [0, 0.1) is 0 Å². The molecule has 2 aliphatic rings. The standard InChI is InChI=1S/C23H28N12O10P2S2/c24-18-12-20(29-5-27-18)34(8-31-12)22-16(38)14(36)10(43-22)4-42-47(40,49)45-17-15(37)11(3-41-46(39,48)33-2-1-26-7-33)44-23(17)35-9-32-13-19(25)28-6-30-21(13)35/h1-2,5-11,14-17,22-23,36-38H,3-4H2,(H,39,48)(H,40,49)(H2,24,27,29)(H2,25,28,30)/t10-,11-,14-,15-,16-,17-,22-,23-,46?,47?/m1/s1. The highest BCUT2D eigenvalue weighted by Crippen LogP contribution is 2.51. The van der Waals surface area contributed by atoms with Gasteiger partial charge in [0.1, 0.15) is 66.6 Å². The summed E-state index contributed by atoms with van der Waals surface area (Å²) in [7, 11) is 0.